The predicted octanol–water partition coefficient (Wildman–Crippen LogP) is 0.779. The zero-order valence-electron chi connectivity index (χ0n) is 23.9. The number of hydrogen-bond acceptors (Lipinski definition) is 8. The Morgan fingerprint density at radius 1 is 0.872 bits per heavy atom. The molecule has 2 atom stereocenters. The molecular formula is C27H43N5O7. The van der Waals surface area contributed by atoms with E-state index in [1.807, 2.05) is 20.8 Å². The van der Waals surface area contributed by atoms with E-state index in [0.29, 0.717) is 30.8 Å². The first-order valence-corrected chi connectivity index (χ1v) is 12.8. The monoisotopic (exact) mass is 549 g/mol. The van der Waals surface area contributed by atoms with Gasteiger partial charge in [-0.1, -0.05) is 12.1 Å². The van der Waals surface area contributed by atoms with Gasteiger partial charge >= 0.3 is 11.9 Å². The molecule has 1 aromatic carbocycles. The molecule has 218 valence electrons. The number of rotatable bonds is 12. The van der Waals surface area contributed by atoms with Crippen molar-refractivity contribution >= 4 is 35.3 Å². The second-order valence-corrected chi connectivity index (χ2v) is 11.0. The molecule has 0 aliphatic rings. The maximum Gasteiger partial charge on any atom is 0.397 e. The average molecular weight is 550 g/mol. The highest BCUT2D eigenvalue weighted by Gasteiger charge is 2.28. The number of nitrogens with two attached hydrogens (primary N) is 1. The Hall–Kier alpha value is -3.51. The number of benzene rings is 1. The Morgan fingerprint density at radius 3 is 2.00 bits per heavy atom. The third-order valence-corrected chi connectivity index (χ3v) is 4.93. The van der Waals surface area contributed by atoms with E-state index in [1.165, 1.54) is 6.92 Å². The van der Waals surface area contributed by atoms with Gasteiger partial charge < -0.3 is 36.5 Å². The first-order valence-electron chi connectivity index (χ1n) is 12.8. The summed E-state index contributed by atoms with van der Waals surface area (Å²) in [5, 5.41) is 10.5. The molecule has 0 spiro atoms. The molecule has 0 aliphatic heterocycles. The summed E-state index contributed by atoms with van der Waals surface area (Å²) in [4.78, 5) is 61.7. The first-order chi connectivity index (χ1) is 18.0. The van der Waals surface area contributed by atoms with Gasteiger partial charge in [-0.15, -0.1) is 0 Å². The van der Waals surface area contributed by atoms with Crippen LogP contribution in [0.25, 0.3) is 0 Å². The quantitative estimate of drug-likeness (QED) is 0.144. The van der Waals surface area contributed by atoms with Gasteiger partial charge in [0.25, 0.3) is 0 Å². The number of esters is 1. The molecule has 0 fully saturated rings. The molecule has 0 saturated heterocycles. The summed E-state index contributed by atoms with van der Waals surface area (Å²) >= 11 is 0. The molecule has 0 aromatic heterocycles. The van der Waals surface area contributed by atoms with Gasteiger partial charge in [0.2, 0.25) is 17.7 Å². The van der Waals surface area contributed by atoms with E-state index in [2.05, 4.69) is 21.3 Å². The molecule has 0 unspecified atom stereocenters. The van der Waals surface area contributed by atoms with Crippen LogP contribution < -0.4 is 27.0 Å². The third-order valence-electron chi connectivity index (χ3n) is 4.93. The first kappa shape index (κ1) is 33.5. The Kier molecular flexibility index (Phi) is 13.0. The van der Waals surface area contributed by atoms with Crippen molar-refractivity contribution in [3.8, 4) is 0 Å². The Balaban J connectivity index is 3.00. The van der Waals surface area contributed by atoms with Crippen molar-refractivity contribution in [2.45, 2.75) is 84.6 Å². The molecule has 0 radical (unpaired) electrons. The van der Waals surface area contributed by atoms with Gasteiger partial charge in [0, 0.05) is 25.6 Å². The van der Waals surface area contributed by atoms with Crippen molar-refractivity contribution in [1.82, 2.24) is 16.0 Å². The smallest absolute Gasteiger partial charge is 0.397 e. The number of carbonyl (C=O) groups excluding carboxylic acids is 5. The van der Waals surface area contributed by atoms with E-state index in [1.54, 1.807) is 45.0 Å². The summed E-state index contributed by atoms with van der Waals surface area (Å²) in [7, 11) is 0. The lowest BCUT2D eigenvalue weighted by atomic mass is 10.0. The Morgan fingerprint density at radius 2 is 1.49 bits per heavy atom. The minimum absolute atomic E-state index is 0.0809. The molecule has 0 bridgehead atoms. The number of nitrogens with one attached hydrogen (secondary N) is 4. The molecule has 6 N–H and O–H groups in total. The van der Waals surface area contributed by atoms with Crippen LogP contribution in [0, 0.1) is 0 Å². The third kappa shape index (κ3) is 14.3. The van der Waals surface area contributed by atoms with Crippen LogP contribution >= 0.6 is 0 Å². The minimum atomic E-state index is -1.01. The van der Waals surface area contributed by atoms with Gasteiger partial charge in [-0.25, -0.2) is 4.79 Å². The molecule has 12 nitrogen and oxygen atoms in total. The van der Waals surface area contributed by atoms with Crippen molar-refractivity contribution < 1.29 is 33.4 Å². The predicted molar refractivity (Wildman–Crippen MR) is 147 cm³/mol. The van der Waals surface area contributed by atoms with Gasteiger partial charge in [-0.05, 0) is 72.2 Å². The van der Waals surface area contributed by atoms with Crippen LogP contribution in [0.5, 0.6) is 0 Å². The van der Waals surface area contributed by atoms with Gasteiger partial charge in [0.05, 0.1) is 12.2 Å². The highest BCUT2D eigenvalue weighted by Crippen LogP contribution is 2.14. The van der Waals surface area contributed by atoms with Gasteiger partial charge in [0.15, 0.2) is 0 Å². The SMILES string of the molecule is CC(=O)N[C@@H](COC(C)(C)C)C(=O)N[C@@H](Cc1ccc(NC(=O)C(=O)OC(C)(C)C)cc1)C(=O)NCCCN. The maximum absolute atomic E-state index is 13.1. The van der Waals surface area contributed by atoms with Crippen molar-refractivity contribution in [1.29, 1.82) is 0 Å². The number of anilines is 1. The Labute approximate surface area is 230 Å². The summed E-state index contributed by atoms with van der Waals surface area (Å²) in [5.41, 5.74) is 5.19. The minimum Gasteiger partial charge on any atom is -0.453 e. The highest BCUT2D eigenvalue weighted by molar-refractivity contribution is 6.37. The summed E-state index contributed by atoms with van der Waals surface area (Å²) in [6.45, 7) is 12.4. The number of ether oxygens (including phenoxy) is 2. The lowest BCUT2D eigenvalue weighted by molar-refractivity contribution is -0.161. The molecule has 0 saturated carbocycles. The Bertz CT molecular complexity index is 997. The lowest BCUT2D eigenvalue weighted by Gasteiger charge is -2.26. The van der Waals surface area contributed by atoms with Crippen LogP contribution in [0.4, 0.5) is 5.69 Å². The fraction of sp³-hybridized carbons (Fsp3) is 0.593. The van der Waals surface area contributed by atoms with Gasteiger partial charge in [-0.3, -0.25) is 19.2 Å². The zero-order valence-corrected chi connectivity index (χ0v) is 23.9. The van der Waals surface area contributed by atoms with E-state index < -0.39 is 52.9 Å². The standard InChI is InChI=1S/C27H43N5O7/c1-17(33)30-21(16-38-26(2,3)4)23(35)32-20(22(34)29-14-8-13-28)15-18-9-11-19(12-10-18)31-24(36)25(37)39-27(5,6)7/h9-12,20-21H,8,13-16,28H2,1-7H3,(H,29,34)(H,30,33)(H,31,36)(H,32,35)/t20-,21-/m0/s1. The van der Waals surface area contributed by atoms with Crippen LogP contribution in [-0.4, -0.2) is 72.6 Å². The van der Waals surface area contributed by atoms with Crippen molar-refractivity contribution in [3.05, 3.63) is 29.8 Å². The normalized spacial score (nSPS) is 13.0. The van der Waals surface area contributed by atoms with Crippen molar-refractivity contribution in [2.24, 2.45) is 5.73 Å². The fourth-order valence-corrected chi connectivity index (χ4v) is 3.15. The molecular weight excluding hydrogens is 506 g/mol. The topological polar surface area (TPSA) is 178 Å². The van der Waals surface area contributed by atoms with Crippen molar-refractivity contribution in [3.63, 3.8) is 0 Å². The van der Waals surface area contributed by atoms with Crippen LogP contribution in [0.2, 0.25) is 0 Å². The molecule has 0 heterocycles. The number of hydrogen-bond donors (Lipinski definition) is 5. The summed E-state index contributed by atoms with van der Waals surface area (Å²) in [5.74, 6) is -3.33. The molecule has 39 heavy (non-hydrogen) atoms. The molecule has 1 aromatic rings. The lowest BCUT2D eigenvalue weighted by Crippen LogP contribution is -2.56. The van der Waals surface area contributed by atoms with E-state index in [9.17, 15) is 24.0 Å². The molecule has 0 aliphatic carbocycles. The van der Waals surface area contributed by atoms with Crippen LogP contribution in [-0.2, 0) is 39.9 Å². The van der Waals surface area contributed by atoms with Crippen LogP contribution in [0.1, 0.15) is 60.5 Å². The molecule has 1 rings (SSSR count). The highest BCUT2D eigenvalue weighted by atomic mass is 16.6. The average Bonchev–Trinajstić information content (AvgIpc) is 2.80. The van der Waals surface area contributed by atoms with E-state index in [-0.39, 0.29) is 13.0 Å². The van der Waals surface area contributed by atoms with Crippen LogP contribution in [0.3, 0.4) is 0 Å². The van der Waals surface area contributed by atoms with Crippen LogP contribution in [0.15, 0.2) is 24.3 Å². The van der Waals surface area contributed by atoms with Gasteiger partial charge in [0.1, 0.15) is 17.7 Å². The summed E-state index contributed by atoms with van der Waals surface area (Å²) in [6, 6.07) is 4.48. The second kappa shape index (κ2) is 15.2. The summed E-state index contributed by atoms with van der Waals surface area (Å²) in [6.07, 6.45) is 0.680. The van der Waals surface area contributed by atoms with Crippen molar-refractivity contribution in [2.75, 3.05) is 25.0 Å². The molecule has 12 heteroatoms. The van der Waals surface area contributed by atoms with E-state index >= 15 is 0 Å². The number of amides is 4. The number of carbonyl (C=O) groups is 5. The fourth-order valence-electron chi connectivity index (χ4n) is 3.15. The van der Waals surface area contributed by atoms with Gasteiger partial charge in [-0.2, -0.15) is 0 Å². The van der Waals surface area contributed by atoms with E-state index in [4.69, 9.17) is 15.2 Å². The maximum atomic E-state index is 13.1. The second-order valence-electron chi connectivity index (χ2n) is 11.0. The van der Waals surface area contributed by atoms with E-state index in [0.717, 1.165) is 0 Å². The largest absolute Gasteiger partial charge is 0.453 e. The molecule has 4 amide bonds. The zero-order chi connectivity index (χ0) is 29.8. The summed E-state index contributed by atoms with van der Waals surface area (Å²) < 4.78 is 10.7.